The molecule has 1 fully saturated rings. The Morgan fingerprint density at radius 2 is 1.82 bits per heavy atom. The molecule has 1 spiro atoms. The smallest absolute Gasteiger partial charge is 0.418 e. The van der Waals surface area contributed by atoms with Crippen LogP contribution in [0.5, 0.6) is 0 Å². The normalized spacial score (nSPS) is 22.1. The molecule has 1 aliphatic carbocycles. The SMILES string of the molecule is CNC(=O)Nc1cc2c(cc1F)C1(CC2)OC(=O)N(CC(=O)N2Cc3ccc(F)cc3CC[C@H]2C(F)(F)F)C1=O. The fourth-order valence-corrected chi connectivity index (χ4v) is 5.49. The van der Waals surface area contributed by atoms with Gasteiger partial charge < -0.3 is 20.3 Å². The number of ether oxygens (including phenoxy) is 1. The van der Waals surface area contributed by atoms with Gasteiger partial charge in [-0.25, -0.2) is 23.3 Å². The number of alkyl halides is 3. The van der Waals surface area contributed by atoms with Crippen LogP contribution in [-0.4, -0.2) is 59.5 Å². The average Bonchev–Trinajstić information content (AvgIpc) is 3.25. The largest absolute Gasteiger partial charge is 0.427 e. The van der Waals surface area contributed by atoms with E-state index in [1.165, 1.54) is 19.2 Å². The van der Waals surface area contributed by atoms with Gasteiger partial charge in [0.15, 0.2) is 0 Å². The Morgan fingerprint density at radius 3 is 2.52 bits per heavy atom. The number of carbonyl (C=O) groups excluding carboxylic acids is 4. The first kappa shape index (κ1) is 27.3. The number of carbonyl (C=O) groups is 4. The summed E-state index contributed by atoms with van der Waals surface area (Å²) in [6.07, 6.45) is -6.67. The van der Waals surface area contributed by atoms with Gasteiger partial charge in [0.25, 0.3) is 5.91 Å². The van der Waals surface area contributed by atoms with Crippen molar-refractivity contribution in [3.8, 4) is 0 Å². The van der Waals surface area contributed by atoms with Crippen LogP contribution >= 0.6 is 0 Å². The number of anilines is 1. The molecule has 2 atom stereocenters. The molecule has 0 aromatic heterocycles. The standard InChI is InChI=1S/C26H23F5N4O5/c1-32-23(38)33-19-9-14-6-7-25(17(14)10-18(19)28)22(37)35(24(39)40-25)12-21(36)34-11-15-2-4-16(27)8-13(15)3-5-20(34)26(29,30)31/h2,4,8-10,20H,3,5-7,11-12H2,1H3,(H2,32,33,38)/t20-,25?/m0/s1. The molecule has 0 bridgehead atoms. The molecule has 2 aromatic rings. The summed E-state index contributed by atoms with van der Waals surface area (Å²) in [4.78, 5) is 52.1. The summed E-state index contributed by atoms with van der Waals surface area (Å²) in [5.41, 5.74) is -1.04. The summed E-state index contributed by atoms with van der Waals surface area (Å²) in [6.45, 7) is -1.54. The Hall–Kier alpha value is -4.23. The summed E-state index contributed by atoms with van der Waals surface area (Å²) in [6, 6.07) is 2.83. The van der Waals surface area contributed by atoms with E-state index in [2.05, 4.69) is 10.6 Å². The minimum Gasteiger partial charge on any atom is -0.427 e. The zero-order valence-corrected chi connectivity index (χ0v) is 21.0. The van der Waals surface area contributed by atoms with E-state index in [1.54, 1.807) is 0 Å². The van der Waals surface area contributed by atoms with Gasteiger partial charge in [-0.3, -0.25) is 9.59 Å². The molecule has 9 nitrogen and oxygen atoms in total. The second-order valence-electron chi connectivity index (χ2n) is 9.81. The van der Waals surface area contributed by atoms with Crippen molar-refractivity contribution in [3.63, 3.8) is 0 Å². The van der Waals surface area contributed by atoms with Gasteiger partial charge in [0.1, 0.15) is 24.2 Å². The van der Waals surface area contributed by atoms with Crippen molar-refractivity contribution in [3.05, 3.63) is 64.2 Å². The van der Waals surface area contributed by atoms with Crippen LogP contribution in [0.25, 0.3) is 0 Å². The van der Waals surface area contributed by atoms with E-state index in [-0.39, 0.29) is 30.5 Å². The number of imide groups is 1. The predicted octanol–water partition coefficient (Wildman–Crippen LogP) is 3.74. The minimum absolute atomic E-state index is 0.0275. The fraction of sp³-hybridized carbons (Fsp3) is 0.385. The number of nitrogens with one attached hydrogen (secondary N) is 2. The summed E-state index contributed by atoms with van der Waals surface area (Å²) in [5, 5.41) is 4.58. The first-order valence-corrected chi connectivity index (χ1v) is 12.3. The van der Waals surface area contributed by atoms with E-state index in [0.717, 1.165) is 18.2 Å². The molecule has 212 valence electrons. The lowest BCUT2D eigenvalue weighted by molar-refractivity contribution is -0.192. The van der Waals surface area contributed by atoms with Crippen LogP contribution in [0.4, 0.5) is 37.2 Å². The number of nitrogens with zero attached hydrogens (tertiary/aromatic N) is 2. The van der Waals surface area contributed by atoms with Crippen LogP contribution in [0.1, 0.15) is 35.1 Å². The number of hydrogen-bond acceptors (Lipinski definition) is 5. The van der Waals surface area contributed by atoms with E-state index >= 15 is 0 Å². The average molecular weight is 566 g/mol. The van der Waals surface area contributed by atoms with Crippen LogP contribution in [0.2, 0.25) is 0 Å². The van der Waals surface area contributed by atoms with Gasteiger partial charge in [-0.15, -0.1) is 0 Å². The van der Waals surface area contributed by atoms with Crippen molar-refractivity contribution in [1.29, 1.82) is 0 Å². The van der Waals surface area contributed by atoms with Crippen LogP contribution in [0, 0.1) is 11.6 Å². The maximum Gasteiger partial charge on any atom is 0.418 e. The van der Waals surface area contributed by atoms with Gasteiger partial charge in [-0.05, 0) is 60.2 Å². The molecule has 2 N–H and O–H groups in total. The second-order valence-corrected chi connectivity index (χ2v) is 9.81. The van der Waals surface area contributed by atoms with Crippen molar-refractivity contribution < 1.29 is 45.9 Å². The van der Waals surface area contributed by atoms with Crippen molar-refractivity contribution in [2.45, 2.75) is 50.0 Å². The van der Waals surface area contributed by atoms with Gasteiger partial charge >= 0.3 is 18.3 Å². The lowest BCUT2D eigenvalue weighted by Gasteiger charge is -2.32. The molecule has 0 saturated carbocycles. The molecule has 1 unspecified atom stereocenters. The predicted molar refractivity (Wildman–Crippen MR) is 128 cm³/mol. The zero-order chi connectivity index (χ0) is 29.0. The van der Waals surface area contributed by atoms with Gasteiger partial charge in [-0.2, -0.15) is 13.2 Å². The number of amides is 5. The van der Waals surface area contributed by atoms with E-state index in [9.17, 15) is 41.1 Å². The highest BCUT2D eigenvalue weighted by atomic mass is 19.4. The van der Waals surface area contributed by atoms with Crippen molar-refractivity contribution in [1.82, 2.24) is 15.1 Å². The molecule has 5 amide bonds. The first-order valence-electron chi connectivity index (χ1n) is 12.3. The number of rotatable bonds is 3. The number of benzene rings is 2. The van der Waals surface area contributed by atoms with Crippen LogP contribution in [-0.2, 0) is 39.3 Å². The van der Waals surface area contributed by atoms with Crippen LogP contribution < -0.4 is 10.6 Å². The number of hydrogen-bond donors (Lipinski definition) is 2. The number of aryl methyl sites for hydroxylation is 2. The Bertz CT molecular complexity index is 1430. The highest BCUT2D eigenvalue weighted by molar-refractivity contribution is 6.06. The molecule has 2 aromatic carbocycles. The Balaban J connectivity index is 1.41. The van der Waals surface area contributed by atoms with E-state index < -0.39 is 72.9 Å². The lowest BCUT2D eigenvalue weighted by atomic mass is 9.94. The Kier molecular flexibility index (Phi) is 6.66. The fourth-order valence-electron chi connectivity index (χ4n) is 5.49. The van der Waals surface area contributed by atoms with E-state index in [0.29, 0.717) is 26.5 Å². The summed E-state index contributed by atoms with van der Waals surface area (Å²) < 4.78 is 75.8. The number of halogens is 5. The summed E-state index contributed by atoms with van der Waals surface area (Å²) in [7, 11) is 1.34. The molecule has 1 saturated heterocycles. The third kappa shape index (κ3) is 4.60. The number of urea groups is 1. The molecular formula is C26H23F5N4O5. The van der Waals surface area contributed by atoms with Gasteiger partial charge in [0, 0.05) is 25.6 Å². The maximum absolute atomic E-state index is 14.8. The van der Waals surface area contributed by atoms with Gasteiger partial charge in [-0.1, -0.05) is 6.07 Å². The third-order valence-corrected chi connectivity index (χ3v) is 7.49. The van der Waals surface area contributed by atoms with Crippen LogP contribution in [0.3, 0.4) is 0 Å². The van der Waals surface area contributed by atoms with E-state index in [4.69, 9.17) is 4.74 Å². The minimum atomic E-state index is -4.82. The van der Waals surface area contributed by atoms with Gasteiger partial charge in [0.05, 0.1) is 5.69 Å². The highest BCUT2D eigenvalue weighted by Gasteiger charge is 2.59. The Labute approximate surface area is 224 Å². The highest BCUT2D eigenvalue weighted by Crippen LogP contribution is 2.46. The Morgan fingerprint density at radius 1 is 1.07 bits per heavy atom. The van der Waals surface area contributed by atoms with Gasteiger partial charge in [0.2, 0.25) is 11.5 Å². The molecule has 40 heavy (non-hydrogen) atoms. The van der Waals surface area contributed by atoms with Crippen molar-refractivity contribution >= 4 is 29.6 Å². The van der Waals surface area contributed by atoms with Crippen molar-refractivity contribution in [2.75, 3.05) is 18.9 Å². The summed E-state index contributed by atoms with van der Waals surface area (Å²) in [5.74, 6) is -3.69. The summed E-state index contributed by atoms with van der Waals surface area (Å²) >= 11 is 0. The van der Waals surface area contributed by atoms with Crippen molar-refractivity contribution in [2.24, 2.45) is 0 Å². The molecule has 2 heterocycles. The monoisotopic (exact) mass is 566 g/mol. The van der Waals surface area contributed by atoms with Crippen LogP contribution in [0.15, 0.2) is 30.3 Å². The zero-order valence-electron chi connectivity index (χ0n) is 21.0. The lowest BCUT2D eigenvalue weighted by Crippen LogP contribution is -2.52. The molecule has 3 aliphatic rings. The quantitative estimate of drug-likeness (QED) is 0.551. The maximum atomic E-state index is 14.8. The molecule has 2 aliphatic heterocycles. The van der Waals surface area contributed by atoms with E-state index in [1.807, 2.05) is 0 Å². The topological polar surface area (TPSA) is 108 Å². The first-order chi connectivity index (χ1) is 18.8. The third-order valence-electron chi connectivity index (χ3n) is 7.49. The second kappa shape index (κ2) is 9.75. The molecular weight excluding hydrogens is 543 g/mol. The molecule has 14 heteroatoms. The number of fused-ring (bicyclic) bond motifs is 3. The molecule has 5 rings (SSSR count). The molecule has 0 radical (unpaired) electrons.